The molecule has 7 nitrogen and oxygen atoms in total. The maximum Gasteiger partial charge on any atom is 0.282 e. The summed E-state index contributed by atoms with van der Waals surface area (Å²) in [6.07, 6.45) is 6.54. The molecule has 2 saturated heterocycles. The minimum Gasteiger partial charge on any atom is -0.493 e. The topological polar surface area (TPSA) is 70.5 Å². The predicted molar refractivity (Wildman–Crippen MR) is 98.2 cm³/mol. The third-order valence-corrected chi connectivity index (χ3v) is 5.99. The summed E-state index contributed by atoms with van der Waals surface area (Å²) in [5.41, 5.74) is 0.852. The van der Waals surface area contributed by atoms with E-state index in [1.807, 2.05) is 0 Å². The quantitative estimate of drug-likeness (QED) is 0.559. The van der Waals surface area contributed by atoms with Crippen molar-refractivity contribution < 1.29 is 24.2 Å². The molecule has 2 fully saturated rings. The van der Waals surface area contributed by atoms with Crippen LogP contribution in [0.15, 0.2) is 12.1 Å². The van der Waals surface area contributed by atoms with Crippen LogP contribution in [0, 0.1) is 10.1 Å². The van der Waals surface area contributed by atoms with Crippen molar-refractivity contribution in [2.45, 2.75) is 44.7 Å². The number of methoxy groups -OCH3 is 2. The second-order valence-corrected chi connectivity index (χ2v) is 7.51. The molecular formula is C19H31N3O4+2. The lowest BCUT2D eigenvalue weighted by atomic mass is 9.99. The van der Waals surface area contributed by atoms with Crippen molar-refractivity contribution in [3.05, 3.63) is 27.8 Å². The summed E-state index contributed by atoms with van der Waals surface area (Å²) in [6.45, 7) is 5.47. The Hall–Kier alpha value is -1.86. The highest BCUT2D eigenvalue weighted by molar-refractivity contribution is 5.54. The van der Waals surface area contributed by atoms with E-state index in [0.29, 0.717) is 18.0 Å². The zero-order valence-corrected chi connectivity index (χ0v) is 15.9. The zero-order chi connectivity index (χ0) is 18.5. The maximum atomic E-state index is 11.5. The molecule has 7 heteroatoms. The number of nitrogens with one attached hydrogen (secondary N) is 2. The first kappa shape index (κ1) is 18.9. The Morgan fingerprint density at radius 2 is 1.65 bits per heavy atom. The molecule has 0 bridgehead atoms. The van der Waals surface area contributed by atoms with Crippen LogP contribution in [-0.2, 0) is 6.54 Å². The predicted octanol–water partition coefficient (Wildman–Crippen LogP) is 0.228. The van der Waals surface area contributed by atoms with Crippen LogP contribution in [0.3, 0.4) is 0 Å². The van der Waals surface area contributed by atoms with Crippen LogP contribution in [0.1, 0.15) is 37.7 Å². The van der Waals surface area contributed by atoms with Crippen molar-refractivity contribution in [2.75, 3.05) is 40.4 Å². The smallest absolute Gasteiger partial charge is 0.282 e. The lowest BCUT2D eigenvalue weighted by Crippen LogP contribution is -3.20. The van der Waals surface area contributed by atoms with Crippen LogP contribution in [-0.4, -0.2) is 51.4 Å². The van der Waals surface area contributed by atoms with Gasteiger partial charge in [0.05, 0.1) is 63.0 Å². The average Bonchev–Trinajstić information content (AvgIpc) is 2.68. The fourth-order valence-electron chi connectivity index (χ4n) is 4.52. The Balaban J connectivity index is 1.66. The fourth-order valence-corrected chi connectivity index (χ4v) is 4.52. The summed E-state index contributed by atoms with van der Waals surface area (Å²) < 4.78 is 10.6. The van der Waals surface area contributed by atoms with E-state index in [4.69, 9.17) is 9.47 Å². The van der Waals surface area contributed by atoms with Gasteiger partial charge in [-0.25, -0.2) is 0 Å². The van der Waals surface area contributed by atoms with E-state index in [-0.39, 0.29) is 10.6 Å². The van der Waals surface area contributed by atoms with Gasteiger partial charge < -0.3 is 19.3 Å². The molecule has 0 unspecified atom stereocenters. The van der Waals surface area contributed by atoms with Gasteiger partial charge in [-0.1, -0.05) is 0 Å². The molecule has 2 heterocycles. The number of hydrogen-bond acceptors (Lipinski definition) is 4. The zero-order valence-electron chi connectivity index (χ0n) is 15.9. The van der Waals surface area contributed by atoms with Gasteiger partial charge in [-0.15, -0.1) is 0 Å². The first-order chi connectivity index (χ1) is 12.6. The van der Waals surface area contributed by atoms with Gasteiger partial charge in [0.2, 0.25) is 0 Å². The second-order valence-electron chi connectivity index (χ2n) is 7.51. The summed E-state index contributed by atoms with van der Waals surface area (Å²) in [4.78, 5) is 14.4. The third-order valence-electron chi connectivity index (χ3n) is 5.99. The normalized spacial score (nSPS) is 24.2. The molecule has 2 aliphatic rings. The van der Waals surface area contributed by atoms with E-state index in [2.05, 4.69) is 0 Å². The molecule has 144 valence electrons. The van der Waals surface area contributed by atoms with Crippen LogP contribution >= 0.6 is 0 Å². The van der Waals surface area contributed by atoms with Gasteiger partial charge in [0.15, 0.2) is 11.5 Å². The molecule has 2 aliphatic heterocycles. The minimum absolute atomic E-state index is 0.124. The minimum atomic E-state index is -0.318. The lowest BCUT2D eigenvalue weighted by molar-refractivity contribution is -0.965. The fraction of sp³-hybridized carbons (Fsp3) is 0.684. The van der Waals surface area contributed by atoms with Crippen LogP contribution in [0.2, 0.25) is 0 Å². The number of rotatable bonds is 6. The van der Waals surface area contributed by atoms with Crippen LogP contribution in [0.4, 0.5) is 5.69 Å². The number of hydrogen-bond donors (Lipinski definition) is 2. The number of nitrogens with zero attached hydrogens (tertiary/aromatic N) is 1. The summed E-state index contributed by atoms with van der Waals surface area (Å²) in [5, 5.41) is 11.5. The number of nitro groups is 1. The van der Waals surface area contributed by atoms with Crippen molar-refractivity contribution in [2.24, 2.45) is 0 Å². The van der Waals surface area contributed by atoms with Gasteiger partial charge in [-0.2, -0.15) is 0 Å². The summed E-state index contributed by atoms with van der Waals surface area (Å²) in [7, 11) is 3.06. The monoisotopic (exact) mass is 365 g/mol. The Morgan fingerprint density at radius 3 is 2.23 bits per heavy atom. The third kappa shape index (κ3) is 4.27. The largest absolute Gasteiger partial charge is 0.493 e. The molecule has 0 saturated carbocycles. The molecule has 3 rings (SSSR count). The van der Waals surface area contributed by atoms with E-state index in [1.165, 1.54) is 63.3 Å². The van der Waals surface area contributed by atoms with E-state index in [0.717, 1.165) is 24.7 Å². The average molecular weight is 365 g/mol. The van der Waals surface area contributed by atoms with E-state index in [9.17, 15) is 10.1 Å². The van der Waals surface area contributed by atoms with Gasteiger partial charge in [0, 0.05) is 12.8 Å². The van der Waals surface area contributed by atoms with Crippen LogP contribution in [0.25, 0.3) is 0 Å². The number of piperidine rings is 2. The van der Waals surface area contributed by atoms with Gasteiger partial charge in [0.25, 0.3) is 5.69 Å². The van der Waals surface area contributed by atoms with Crippen molar-refractivity contribution in [3.8, 4) is 11.5 Å². The maximum absolute atomic E-state index is 11.5. The van der Waals surface area contributed by atoms with Crippen molar-refractivity contribution >= 4 is 5.69 Å². The lowest BCUT2D eigenvalue weighted by Gasteiger charge is -2.36. The van der Waals surface area contributed by atoms with E-state index in [1.54, 1.807) is 18.1 Å². The van der Waals surface area contributed by atoms with Gasteiger partial charge >= 0.3 is 0 Å². The molecule has 1 aromatic carbocycles. The highest BCUT2D eigenvalue weighted by Crippen LogP contribution is 2.34. The molecule has 2 N–H and O–H groups in total. The van der Waals surface area contributed by atoms with E-state index >= 15 is 0 Å². The molecule has 0 spiro atoms. The Morgan fingerprint density at radius 1 is 1.04 bits per heavy atom. The Bertz CT molecular complexity index is 623. The first-order valence-corrected chi connectivity index (χ1v) is 9.69. The highest BCUT2D eigenvalue weighted by Gasteiger charge is 2.32. The summed E-state index contributed by atoms with van der Waals surface area (Å²) in [5.74, 6) is 0.963. The Labute approximate surface area is 155 Å². The summed E-state index contributed by atoms with van der Waals surface area (Å²) in [6, 6.07) is 4.03. The molecule has 0 radical (unpaired) electrons. The van der Waals surface area contributed by atoms with Crippen molar-refractivity contribution in [1.29, 1.82) is 0 Å². The van der Waals surface area contributed by atoms with Gasteiger partial charge in [0.1, 0.15) is 6.54 Å². The molecule has 1 aromatic rings. The SMILES string of the molecule is COc1cc(C[NH+]2CCC([NH+]3CCCCC3)CC2)c([N+](=O)[O-])cc1OC. The molecule has 0 amide bonds. The molecular weight excluding hydrogens is 334 g/mol. The van der Waals surface area contributed by atoms with Gasteiger partial charge in [-0.05, 0) is 25.3 Å². The number of likely N-dealkylation sites (tertiary alicyclic amines) is 2. The molecule has 26 heavy (non-hydrogen) atoms. The molecule has 0 atom stereocenters. The van der Waals surface area contributed by atoms with E-state index < -0.39 is 0 Å². The van der Waals surface area contributed by atoms with Crippen LogP contribution < -0.4 is 19.3 Å². The van der Waals surface area contributed by atoms with Crippen molar-refractivity contribution in [3.63, 3.8) is 0 Å². The Kier molecular flexibility index (Phi) is 6.32. The highest BCUT2D eigenvalue weighted by atomic mass is 16.6. The number of benzene rings is 1. The first-order valence-electron chi connectivity index (χ1n) is 9.69. The molecule has 0 aliphatic carbocycles. The number of quaternary nitrogens is 2. The second kappa shape index (κ2) is 8.68. The molecule has 0 aromatic heterocycles. The van der Waals surface area contributed by atoms with Crippen LogP contribution in [0.5, 0.6) is 11.5 Å². The number of ether oxygens (including phenoxy) is 2. The standard InChI is InChI=1S/C19H29N3O4/c1-25-18-12-15(17(22(23)24)13-19(18)26-2)14-20-10-6-16(7-11-20)21-8-4-3-5-9-21/h12-13,16H,3-11,14H2,1-2H3/p+2. The number of nitro benzene ring substituents is 1. The van der Waals surface area contributed by atoms with Gasteiger partial charge in [-0.3, -0.25) is 10.1 Å². The summed E-state index contributed by atoms with van der Waals surface area (Å²) >= 11 is 0. The van der Waals surface area contributed by atoms with Crippen molar-refractivity contribution in [1.82, 2.24) is 0 Å².